The van der Waals surface area contributed by atoms with Crippen LogP contribution in [0.2, 0.25) is 0 Å². The Hall–Kier alpha value is -0.860. The maximum Gasteiger partial charge on any atom is 0.317 e. The topological polar surface area (TPSA) is 43.4 Å². The second kappa shape index (κ2) is 3.07. The summed E-state index contributed by atoms with van der Waals surface area (Å²) in [6.45, 7) is 6.24. The van der Waals surface area contributed by atoms with Crippen LogP contribution >= 0.6 is 0 Å². The van der Waals surface area contributed by atoms with Gasteiger partial charge >= 0.3 is 11.9 Å². The zero-order chi connectivity index (χ0) is 10.5. The molecule has 0 aromatic heterocycles. The first-order valence-corrected chi connectivity index (χ1v) is 5.28. The van der Waals surface area contributed by atoms with E-state index in [1.807, 2.05) is 13.8 Å². The third-order valence-corrected chi connectivity index (χ3v) is 3.95. The molecule has 0 N–H and O–H groups in total. The molecule has 1 heterocycles. The molecule has 0 amide bonds. The molecule has 0 aromatic carbocycles. The highest BCUT2D eigenvalue weighted by molar-refractivity contribution is 5.96. The van der Waals surface area contributed by atoms with Crippen LogP contribution in [-0.4, -0.2) is 11.9 Å². The largest absolute Gasteiger partial charge is 0.393 e. The normalized spacial score (nSPS) is 47.5. The summed E-state index contributed by atoms with van der Waals surface area (Å²) in [5.74, 6) is 0.108. The van der Waals surface area contributed by atoms with E-state index in [2.05, 4.69) is 6.92 Å². The van der Waals surface area contributed by atoms with Crippen LogP contribution in [0.3, 0.4) is 0 Å². The van der Waals surface area contributed by atoms with Gasteiger partial charge in [-0.2, -0.15) is 0 Å². The summed E-state index contributed by atoms with van der Waals surface area (Å²) < 4.78 is 4.72. The molecule has 2 aliphatic rings. The number of hydrogen-bond donors (Lipinski definition) is 0. The number of hydrogen-bond acceptors (Lipinski definition) is 3. The average Bonchev–Trinajstić information content (AvgIpc) is 2.38. The highest BCUT2D eigenvalue weighted by Crippen LogP contribution is 2.46. The molecule has 3 nitrogen and oxygen atoms in total. The van der Waals surface area contributed by atoms with Crippen molar-refractivity contribution in [2.75, 3.05) is 0 Å². The van der Waals surface area contributed by atoms with Crippen molar-refractivity contribution in [2.45, 2.75) is 27.2 Å². The smallest absolute Gasteiger partial charge is 0.317 e. The first-order chi connectivity index (χ1) is 6.52. The number of fused-ring (bicyclic) bond motifs is 1. The second-order valence-electron chi connectivity index (χ2n) is 4.84. The van der Waals surface area contributed by atoms with Crippen LogP contribution in [0.25, 0.3) is 0 Å². The molecule has 2 rings (SSSR count). The average molecular weight is 196 g/mol. The minimum Gasteiger partial charge on any atom is -0.393 e. The van der Waals surface area contributed by atoms with Crippen molar-refractivity contribution in [2.24, 2.45) is 29.6 Å². The third-order valence-electron chi connectivity index (χ3n) is 3.95. The van der Waals surface area contributed by atoms with Gasteiger partial charge in [-0.25, -0.2) is 0 Å². The Morgan fingerprint density at radius 1 is 1.00 bits per heavy atom. The summed E-state index contributed by atoms with van der Waals surface area (Å²) in [6.07, 6.45) is 1.02. The molecule has 1 aliphatic heterocycles. The molecule has 1 saturated heterocycles. The molecule has 78 valence electrons. The molecule has 14 heavy (non-hydrogen) atoms. The summed E-state index contributed by atoms with van der Waals surface area (Å²) in [4.78, 5) is 22.9. The van der Waals surface area contributed by atoms with Gasteiger partial charge < -0.3 is 4.74 Å². The van der Waals surface area contributed by atoms with Crippen molar-refractivity contribution in [3.8, 4) is 0 Å². The zero-order valence-corrected chi connectivity index (χ0v) is 8.82. The van der Waals surface area contributed by atoms with Crippen LogP contribution in [0.4, 0.5) is 0 Å². The number of esters is 2. The van der Waals surface area contributed by atoms with Gasteiger partial charge in [0.1, 0.15) is 0 Å². The number of cyclic esters (lactones) is 2. The van der Waals surface area contributed by atoms with Crippen LogP contribution in [0, 0.1) is 29.6 Å². The van der Waals surface area contributed by atoms with Crippen LogP contribution in [0.5, 0.6) is 0 Å². The van der Waals surface area contributed by atoms with Gasteiger partial charge in [0.2, 0.25) is 0 Å². The monoisotopic (exact) mass is 196 g/mol. The minimum atomic E-state index is -0.300. The lowest BCUT2D eigenvalue weighted by Gasteiger charge is -2.36. The van der Waals surface area contributed by atoms with Crippen LogP contribution < -0.4 is 0 Å². The maximum absolute atomic E-state index is 11.5. The summed E-state index contributed by atoms with van der Waals surface area (Å²) in [7, 11) is 0. The van der Waals surface area contributed by atoms with E-state index in [-0.39, 0.29) is 35.6 Å². The molecule has 0 spiro atoms. The van der Waals surface area contributed by atoms with Crippen molar-refractivity contribution < 1.29 is 14.3 Å². The van der Waals surface area contributed by atoms with E-state index in [0.717, 1.165) is 6.42 Å². The van der Waals surface area contributed by atoms with Crippen molar-refractivity contribution in [3.63, 3.8) is 0 Å². The van der Waals surface area contributed by atoms with Gasteiger partial charge in [0.15, 0.2) is 0 Å². The number of ether oxygens (including phenoxy) is 1. The molecule has 0 bridgehead atoms. The van der Waals surface area contributed by atoms with Gasteiger partial charge in [0.05, 0.1) is 11.8 Å². The van der Waals surface area contributed by atoms with Gasteiger partial charge in [0, 0.05) is 0 Å². The van der Waals surface area contributed by atoms with E-state index >= 15 is 0 Å². The van der Waals surface area contributed by atoms with Gasteiger partial charge in [-0.1, -0.05) is 20.8 Å². The quantitative estimate of drug-likeness (QED) is 0.436. The highest BCUT2D eigenvalue weighted by Gasteiger charge is 2.53. The molecule has 3 heteroatoms. The van der Waals surface area contributed by atoms with E-state index in [9.17, 15) is 9.59 Å². The Labute approximate surface area is 83.8 Å². The Balaban J connectivity index is 2.31. The standard InChI is InChI=1S/C11H16O3/c1-5-4-6(2)8-9(7(5)3)11(13)14-10(8)12/h5-9H,4H2,1-3H3/t5-,6?,7?,8?,9?/m0/s1. The Morgan fingerprint density at radius 3 is 2.21 bits per heavy atom. The van der Waals surface area contributed by atoms with Gasteiger partial charge in [-0.15, -0.1) is 0 Å². The van der Waals surface area contributed by atoms with Crippen LogP contribution in [0.1, 0.15) is 27.2 Å². The lowest BCUT2D eigenvalue weighted by molar-refractivity contribution is -0.154. The summed E-state index contributed by atoms with van der Waals surface area (Å²) in [6, 6.07) is 0. The molecule has 0 aromatic rings. The first kappa shape index (κ1) is 9.69. The fourth-order valence-corrected chi connectivity index (χ4v) is 2.96. The van der Waals surface area contributed by atoms with E-state index in [0.29, 0.717) is 5.92 Å². The Kier molecular flexibility index (Phi) is 2.13. The van der Waals surface area contributed by atoms with E-state index in [1.54, 1.807) is 0 Å². The number of rotatable bonds is 0. The van der Waals surface area contributed by atoms with Gasteiger partial charge in [0.25, 0.3) is 0 Å². The van der Waals surface area contributed by atoms with Crippen molar-refractivity contribution in [1.82, 2.24) is 0 Å². The Morgan fingerprint density at radius 2 is 1.57 bits per heavy atom. The molecule has 1 saturated carbocycles. The number of carbonyl (C=O) groups excluding carboxylic acids is 2. The zero-order valence-electron chi connectivity index (χ0n) is 8.82. The lowest BCUT2D eigenvalue weighted by atomic mass is 9.64. The lowest BCUT2D eigenvalue weighted by Crippen LogP contribution is -2.38. The predicted octanol–water partition coefficient (Wildman–Crippen LogP) is 1.61. The van der Waals surface area contributed by atoms with E-state index < -0.39 is 0 Å². The molecular formula is C11H16O3. The summed E-state index contributed by atoms with van der Waals surface area (Å²) in [5, 5.41) is 0. The fourth-order valence-electron chi connectivity index (χ4n) is 2.96. The van der Waals surface area contributed by atoms with Crippen molar-refractivity contribution >= 4 is 11.9 Å². The maximum atomic E-state index is 11.5. The first-order valence-electron chi connectivity index (χ1n) is 5.28. The molecule has 5 atom stereocenters. The molecule has 4 unspecified atom stereocenters. The third kappa shape index (κ3) is 1.18. The summed E-state index contributed by atoms with van der Waals surface area (Å²) >= 11 is 0. The predicted molar refractivity (Wildman–Crippen MR) is 50.2 cm³/mol. The molecular weight excluding hydrogens is 180 g/mol. The minimum absolute atomic E-state index is 0.173. The van der Waals surface area contributed by atoms with Crippen LogP contribution in [-0.2, 0) is 14.3 Å². The number of carbonyl (C=O) groups is 2. The molecule has 1 aliphatic carbocycles. The molecule has 2 fully saturated rings. The Bertz CT molecular complexity index is 284. The van der Waals surface area contributed by atoms with Gasteiger partial charge in [-0.3, -0.25) is 9.59 Å². The van der Waals surface area contributed by atoms with Crippen LogP contribution in [0.15, 0.2) is 0 Å². The van der Waals surface area contributed by atoms with Crippen molar-refractivity contribution in [1.29, 1.82) is 0 Å². The SMILES string of the molecule is CC1C[C@H](C)C(C)C2C(=O)OC(=O)C12. The van der Waals surface area contributed by atoms with Crippen molar-refractivity contribution in [3.05, 3.63) is 0 Å². The summed E-state index contributed by atoms with van der Waals surface area (Å²) in [5.41, 5.74) is 0. The highest BCUT2D eigenvalue weighted by atomic mass is 16.6. The molecule has 0 radical (unpaired) electrons. The second-order valence-corrected chi connectivity index (χ2v) is 4.84. The fraction of sp³-hybridized carbons (Fsp3) is 0.818. The van der Waals surface area contributed by atoms with E-state index in [4.69, 9.17) is 4.74 Å². The van der Waals surface area contributed by atoms with E-state index in [1.165, 1.54) is 0 Å². The van der Waals surface area contributed by atoms with Gasteiger partial charge in [-0.05, 0) is 24.2 Å².